The molecule has 0 saturated heterocycles. The Bertz CT molecular complexity index is 993. The molecule has 0 aromatic carbocycles. The normalized spacial score (nSPS) is 12.2. The molecule has 1 aromatic heterocycles. The largest absolute Gasteiger partial charge is 0.466 e. The highest BCUT2D eigenvalue weighted by atomic mass is 16.6. The van der Waals surface area contributed by atoms with Crippen molar-refractivity contribution < 1.29 is 28.7 Å². The summed E-state index contributed by atoms with van der Waals surface area (Å²) >= 11 is 0. The Kier molecular flexibility index (Phi) is 12.4. The Balaban J connectivity index is 2.94. The van der Waals surface area contributed by atoms with Crippen LogP contribution in [0.4, 0.5) is 10.5 Å². The van der Waals surface area contributed by atoms with Gasteiger partial charge >= 0.3 is 12.1 Å². The molecule has 200 valence electrons. The predicted molar refractivity (Wildman–Crippen MR) is 135 cm³/mol. The Morgan fingerprint density at radius 3 is 2.44 bits per heavy atom. The van der Waals surface area contributed by atoms with Crippen molar-refractivity contribution in [1.29, 1.82) is 0 Å². The van der Waals surface area contributed by atoms with Gasteiger partial charge in [-0.3, -0.25) is 14.4 Å². The van der Waals surface area contributed by atoms with E-state index in [0.29, 0.717) is 12.5 Å². The van der Waals surface area contributed by atoms with Crippen LogP contribution in [0.15, 0.2) is 35.3 Å². The van der Waals surface area contributed by atoms with Crippen molar-refractivity contribution in [2.24, 2.45) is 5.92 Å². The number of pyridine rings is 1. The summed E-state index contributed by atoms with van der Waals surface area (Å²) in [5, 5.41) is 7.78. The summed E-state index contributed by atoms with van der Waals surface area (Å²) in [6, 6.07) is 1.89. The van der Waals surface area contributed by atoms with Crippen molar-refractivity contribution in [2.75, 3.05) is 19.0 Å². The van der Waals surface area contributed by atoms with E-state index in [-0.39, 0.29) is 31.0 Å². The Hall–Kier alpha value is -3.63. The van der Waals surface area contributed by atoms with E-state index in [4.69, 9.17) is 4.74 Å². The monoisotopic (exact) mass is 506 g/mol. The number of carbonyl (C=O) groups is 4. The van der Waals surface area contributed by atoms with Gasteiger partial charge in [0.05, 0.1) is 7.11 Å². The molecule has 0 saturated carbocycles. The van der Waals surface area contributed by atoms with Gasteiger partial charge in [-0.15, -0.1) is 0 Å². The number of hydrogen-bond donors (Lipinski definition) is 3. The van der Waals surface area contributed by atoms with E-state index in [1.165, 1.54) is 42.2 Å². The Labute approximate surface area is 211 Å². The third kappa shape index (κ3) is 12.2. The standard InChI is InChI=1S/C25H38N4O7/c1-17(2)13-14-26-20(30)16-29-15-9-11-19(23(29)33)27-22(32)18(10-7-8-12-21(31)35-6)28-24(34)36-25(3,4)5/h8-9,11-12,15,17-18H,7,10,13-14,16H2,1-6H3,(H,26,30)(H,27,32)(H,28,34)/t18-/m0/s1. The number of esters is 1. The first kappa shape index (κ1) is 30.4. The van der Waals surface area contributed by atoms with Gasteiger partial charge in [-0.1, -0.05) is 19.9 Å². The average molecular weight is 507 g/mol. The van der Waals surface area contributed by atoms with E-state index in [1.807, 2.05) is 13.8 Å². The fourth-order valence-electron chi connectivity index (χ4n) is 2.92. The van der Waals surface area contributed by atoms with E-state index >= 15 is 0 Å². The van der Waals surface area contributed by atoms with Crippen molar-refractivity contribution >= 4 is 29.6 Å². The van der Waals surface area contributed by atoms with Gasteiger partial charge in [-0.2, -0.15) is 0 Å². The van der Waals surface area contributed by atoms with Crippen LogP contribution >= 0.6 is 0 Å². The van der Waals surface area contributed by atoms with E-state index in [2.05, 4.69) is 20.7 Å². The summed E-state index contributed by atoms with van der Waals surface area (Å²) < 4.78 is 10.9. The van der Waals surface area contributed by atoms with Gasteiger partial charge in [0.1, 0.15) is 23.9 Å². The van der Waals surface area contributed by atoms with E-state index in [9.17, 15) is 24.0 Å². The van der Waals surface area contributed by atoms with Crippen LogP contribution in [0.25, 0.3) is 0 Å². The minimum absolute atomic E-state index is 0.0430. The number of hydrogen-bond acceptors (Lipinski definition) is 7. The molecule has 1 aromatic rings. The fraction of sp³-hybridized carbons (Fsp3) is 0.560. The van der Waals surface area contributed by atoms with Gasteiger partial charge in [0.2, 0.25) is 11.8 Å². The maximum Gasteiger partial charge on any atom is 0.408 e. The predicted octanol–water partition coefficient (Wildman–Crippen LogP) is 2.35. The Morgan fingerprint density at radius 1 is 1.14 bits per heavy atom. The molecule has 1 heterocycles. The number of nitrogens with zero attached hydrogens (tertiary/aromatic N) is 1. The molecule has 3 amide bonds. The maximum atomic E-state index is 13.0. The van der Waals surface area contributed by atoms with Gasteiger partial charge in [0.25, 0.3) is 5.56 Å². The van der Waals surface area contributed by atoms with Crippen LogP contribution in [0.3, 0.4) is 0 Å². The second-order valence-electron chi connectivity index (χ2n) is 9.58. The first-order valence-corrected chi connectivity index (χ1v) is 11.8. The van der Waals surface area contributed by atoms with Gasteiger partial charge in [0, 0.05) is 18.8 Å². The minimum Gasteiger partial charge on any atom is -0.466 e. The molecule has 36 heavy (non-hydrogen) atoms. The third-order valence-electron chi connectivity index (χ3n) is 4.72. The van der Waals surface area contributed by atoms with Crippen LogP contribution in [0, 0.1) is 5.92 Å². The van der Waals surface area contributed by atoms with Crippen molar-refractivity contribution in [3.63, 3.8) is 0 Å². The van der Waals surface area contributed by atoms with Crippen LogP contribution in [0.2, 0.25) is 0 Å². The SMILES string of the molecule is COC(=O)C=CCC[C@H](NC(=O)OC(C)(C)C)C(=O)Nc1cccn(CC(=O)NCCC(C)C)c1=O. The molecule has 0 aliphatic rings. The molecule has 0 fully saturated rings. The topological polar surface area (TPSA) is 145 Å². The number of methoxy groups -OCH3 is 1. The van der Waals surface area contributed by atoms with E-state index in [0.717, 1.165) is 6.42 Å². The van der Waals surface area contributed by atoms with E-state index < -0.39 is 35.2 Å². The molecule has 0 radical (unpaired) electrons. The summed E-state index contributed by atoms with van der Waals surface area (Å²) in [5.41, 5.74) is -1.39. The van der Waals surface area contributed by atoms with Crippen LogP contribution < -0.4 is 21.5 Å². The van der Waals surface area contributed by atoms with Gasteiger partial charge in [-0.05, 0) is 58.1 Å². The number of nitrogens with one attached hydrogen (secondary N) is 3. The molecule has 0 aliphatic heterocycles. The molecule has 1 atom stereocenters. The zero-order valence-corrected chi connectivity index (χ0v) is 21.9. The number of anilines is 1. The van der Waals surface area contributed by atoms with Crippen LogP contribution in [-0.2, 0) is 30.4 Å². The summed E-state index contributed by atoms with van der Waals surface area (Å²) in [6.07, 6.45) is 4.58. The number of alkyl carbamates (subject to hydrolysis) is 1. The zero-order valence-electron chi connectivity index (χ0n) is 21.9. The second kappa shape index (κ2) is 14.7. The van der Waals surface area contributed by atoms with E-state index in [1.54, 1.807) is 20.8 Å². The summed E-state index contributed by atoms with van der Waals surface area (Å²) in [6.45, 7) is 9.46. The maximum absolute atomic E-state index is 13.0. The van der Waals surface area contributed by atoms with Crippen molar-refractivity contribution in [2.45, 2.75) is 72.1 Å². The highest BCUT2D eigenvalue weighted by Crippen LogP contribution is 2.09. The lowest BCUT2D eigenvalue weighted by Gasteiger charge is -2.23. The summed E-state index contributed by atoms with van der Waals surface area (Å²) in [4.78, 5) is 61.5. The highest BCUT2D eigenvalue weighted by Gasteiger charge is 2.25. The van der Waals surface area contributed by atoms with Crippen molar-refractivity contribution in [1.82, 2.24) is 15.2 Å². The smallest absolute Gasteiger partial charge is 0.408 e. The number of ether oxygens (including phenoxy) is 2. The molecule has 0 unspecified atom stereocenters. The highest BCUT2D eigenvalue weighted by molar-refractivity contribution is 5.96. The number of allylic oxidation sites excluding steroid dienone is 1. The van der Waals surface area contributed by atoms with Gasteiger partial charge in [-0.25, -0.2) is 9.59 Å². The lowest BCUT2D eigenvalue weighted by Crippen LogP contribution is -2.46. The third-order valence-corrected chi connectivity index (χ3v) is 4.72. The molecule has 11 nitrogen and oxygen atoms in total. The zero-order chi connectivity index (χ0) is 27.3. The first-order valence-electron chi connectivity index (χ1n) is 11.8. The molecular weight excluding hydrogens is 468 g/mol. The van der Waals surface area contributed by atoms with Crippen LogP contribution in [0.5, 0.6) is 0 Å². The molecular formula is C25H38N4O7. The molecule has 11 heteroatoms. The molecule has 0 aliphatic carbocycles. The van der Waals surface area contributed by atoms with Crippen molar-refractivity contribution in [3.8, 4) is 0 Å². The second-order valence-corrected chi connectivity index (χ2v) is 9.58. The van der Waals surface area contributed by atoms with Gasteiger partial charge < -0.3 is 30.0 Å². The number of amides is 3. The molecule has 3 N–H and O–H groups in total. The van der Waals surface area contributed by atoms with Gasteiger partial charge in [0.15, 0.2) is 0 Å². The molecule has 0 bridgehead atoms. The minimum atomic E-state index is -1.06. The first-order chi connectivity index (χ1) is 16.8. The lowest BCUT2D eigenvalue weighted by molar-refractivity contribution is -0.134. The Morgan fingerprint density at radius 2 is 1.83 bits per heavy atom. The molecule has 1 rings (SSSR count). The number of carbonyl (C=O) groups excluding carboxylic acids is 4. The summed E-state index contributed by atoms with van der Waals surface area (Å²) in [7, 11) is 1.24. The lowest BCUT2D eigenvalue weighted by atomic mass is 10.1. The quantitative estimate of drug-likeness (QED) is 0.291. The van der Waals surface area contributed by atoms with Crippen LogP contribution in [-0.4, -0.2) is 53.7 Å². The average Bonchev–Trinajstić information content (AvgIpc) is 2.76. The summed E-state index contributed by atoms with van der Waals surface area (Å²) in [5.74, 6) is -1.08. The number of aromatic nitrogens is 1. The number of rotatable bonds is 12. The van der Waals surface area contributed by atoms with Crippen molar-refractivity contribution in [3.05, 3.63) is 40.8 Å². The molecule has 0 spiro atoms. The fourth-order valence-corrected chi connectivity index (χ4v) is 2.92. The van der Waals surface area contributed by atoms with Crippen LogP contribution in [0.1, 0.15) is 53.9 Å².